The summed E-state index contributed by atoms with van der Waals surface area (Å²) >= 11 is 0. The summed E-state index contributed by atoms with van der Waals surface area (Å²) in [6, 6.07) is 0.164. The average molecular weight is 249 g/mol. The van der Waals surface area contributed by atoms with E-state index in [2.05, 4.69) is 12.2 Å². The second-order valence-electron chi connectivity index (χ2n) is 4.68. The lowest BCUT2D eigenvalue weighted by Crippen LogP contribution is -2.43. The molecule has 1 aliphatic heterocycles. The lowest BCUT2D eigenvalue weighted by atomic mass is 9.96. The van der Waals surface area contributed by atoms with Crippen LogP contribution in [0.15, 0.2) is 0 Å². The fourth-order valence-corrected chi connectivity index (χ4v) is 2.90. The van der Waals surface area contributed by atoms with Crippen LogP contribution in [0.5, 0.6) is 0 Å². The standard InChI is InChI=1S/C11H23NO3S/c1-4-12-10(6-8-16(3,13)14)11-9(2)5-7-15-11/h9-12H,4-8H2,1-3H3. The normalized spacial score (nSPS) is 28.2. The lowest BCUT2D eigenvalue weighted by Gasteiger charge is -2.26. The van der Waals surface area contributed by atoms with Crippen molar-refractivity contribution in [2.45, 2.75) is 38.8 Å². The van der Waals surface area contributed by atoms with Crippen LogP contribution in [0.4, 0.5) is 0 Å². The van der Waals surface area contributed by atoms with Gasteiger partial charge >= 0.3 is 0 Å². The van der Waals surface area contributed by atoms with E-state index < -0.39 is 9.84 Å². The number of nitrogens with one attached hydrogen (secondary N) is 1. The topological polar surface area (TPSA) is 55.4 Å². The minimum Gasteiger partial charge on any atom is -0.376 e. The van der Waals surface area contributed by atoms with Gasteiger partial charge in [-0.2, -0.15) is 0 Å². The Labute approximate surface area is 98.7 Å². The maximum absolute atomic E-state index is 11.2. The third-order valence-electron chi connectivity index (χ3n) is 3.11. The van der Waals surface area contributed by atoms with Crippen molar-refractivity contribution < 1.29 is 13.2 Å². The molecule has 1 heterocycles. The molecule has 0 aliphatic carbocycles. The molecule has 0 aromatic rings. The predicted molar refractivity (Wildman–Crippen MR) is 65.3 cm³/mol. The van der Waals surface area contributed by atoms with Gasteiger partial charge in [-0.25, -0.2) is 8.42 Å². The SMILES string of the molecule is CCNC(CCS(C)(=O)=O)C1OCCC1C. The van der Waals surface area contributed by atoms with Crippen LogP contribution in [-0.4, -0.2) is 45.7 Å². The van der Waals surface area contributed by atoms with Gasteiger partial charge in [0.15, 0.2) is 0 Å². The van der Waals surface area contributed by atoms with E-state index in [0.29, 0.717) is 12.3 Å². The second-order valence-corrected chi connectivity index (χ2v) is 6.94. The van der Waals surface area contributed by atoms with Gasteiger partial charge in [0.05, 0.1) is 11.9 Å². The summed E-state index contributed by atoms with van der Waals surface area (Å²) in [6.45, 7) is 5.85. The van der Waals surface area contributed by atoms with Crippen LogP contribution in [0, 0.1) is 5.92 Å². The molecule has 1 saturated heterocycles. The maximum Gasteiger partial charge on any atom is 0.147 e. The first-order chi connectivity index (χ1) is 7.44. The molecule has 0 aromatic heterocycles. The van der Waals surface area contributed by atoms with Crippen molar-refractivity contribution in [3.63, 3.8) is 0 Å². The molecule has 0 spiro atoms. The van der Waals surface area contributed by atoms with Crippen molar-refractivity contribution in [1.29, 1.82) is 0 Å². The Kier molecular flexibility index (Phi) is 5.21. The molecule has 4 nitrogen and oxygen atoms in total. The quantitative estimate of drug-likeness (QED) is 0.757. The Morgan fingerprint density at radius 2 is 2.19 bits per heavy atom. The zero-order chi connectivity index (χ0) is 12.2. The van der Waals surface area contributed by atoms with E-state index in [1.807, 2.05) is 6.92 Å². The van der Waals surface area contributed by atoms with Gasteiger partial charge in [-0.3, -0.25) is 0 Å². The van der Waals surface area contributed by atoms with Crippen molar-refractivity contribution >= 4 is 9.84 Å². The largest absolute Gasteiger partial charge is 0.376 e. The van der Waals surface area contributed by atoms with E-state index in [0.717, 1.165) is 19.6 Å². The molecule has 96 valence electrons. The van der Waals surface area contributed by atoms with Crippen LogP contribution in [-0.2, 0) is 14.6 Å². The molecule has 3 unspecified atom stereocenters. The van der Waals surface area contributed by atoms with Gasteiger partial charge in [0.2, 0.25) is 0 Å². The summed E-state index contributed by atoms with van der Waals surface area (Å²) in [5, 5.41) is 3.34. The number of sulfone groups is 1. The van der Waals surface area contributed by atoms with E-state index in [-0.39, 0.29) is 17.9 Å². The molecule has 1 rings (SSSR count). The highest BCUT2D eigenvalue weighted by Gasteiger charge is 2.31. The van der Waals surface area contributed by atoms with Gasteiger partial charge in [-0.1, -0.05) is 13.8 Å². The Morgan fingerprint density at radius 1 is 1.50 bits per heavy atom. The first-order valence-electron chi connectivity index (χ1n) is 5.96. The van der Waals surface area contributed by atoms with Gasteiger partial charge in [-0.05, 0) is 25.3 Å². The maximum atomic E-state index is 11.2. The fourth-order valence-electron chi connectivity index (χ4n) is 2.22. The second kappa shape index (κ2) is 5.98. The molecule has 3 atom stereocenters. The number of likely N-dealkylation sites (N-methyl/N-ethyl adjacent to an activating group) is 1. The third kappa shape index (κ3) is 4.39. The Hall–Kier alpha value is -0.130. The molecular formula is C11H23NO3S. The Morgan fingerprint density at radius 3 is 2.62 bits per heavy atom. The summed E-state index contributed by atoms with van der Waals surface area (Å²) < 4.78 is 28.0. The average Bonchev–Trinajstić information content (AvgIpc) is 2.57. The summed E-state index contributed by atoms with van der Waals surface area (Å²) in [7, 11) is -2.88. The van der Waals surface area contributed by atoms with Gasteiger partial charge < -0.3 is 10.1 Å². The molecule has 16 heavy (non-hydrogen) atoms. The summed E-state index contributed by atoms with van der Waals surface area (Å²) in [4.78, 5) is 0. The third-order valence-corrected chi connectivity index (χ3v) is 4.08. The molecule has 0 aromatic carbocycles. The van der Waals surface area contributed by atoms with E-state index >= 15 is 0 Å². The van der Waals surface area contributed by atoms with Crippen LogP contribution in [0.25, 0.3) is 0 Å². The fraction of sp³-hybridized carbons (Fsp3) is 1.00. The predicted octanol–water partition coefficient (Wildman–Crippen LogP) is 0.824. The molecule has 1 fully saturated rings. The number of hydrogen-bond acceptors (Lipinski definition) is 4. The zero-order valence-electron chi connectivity index (χ0n) is 10.4. The molecule has 0 saturated carbocycles. The molecule has 0 amide bonds. The van der Waals surface area contributed by atoms with Gasteiger partial charge in [-0.15, -0.1) is 0 Å². The summed E-state index contributed by atoms with van der Waals surface area (Å²) in [5.41, 5.74) is 0. The zero-order valence-corrected chi connectivity index (χ0v) is 11.2. The van der Waals surface area contributed by atoms with E-state index in [4.69, 9.17) is 4.74 Å². The van der Waals surface area contributed by atoms with E-state index in [1.165, 1.54) is 6.26 Å². The highest BCUT2D eigenvalue weighted by Crippen LogP contribution is 2.24. The number of hydrogen-bond donors (Lipinski definition) is 1. The van der Waals surface area contributed by atoms with Crippen molar-refractivity contribution in [3.8, 4) is 0 Å². The first kappa shape index (κ1) is 13.9. The van der Waals surface area contributed by atoms with Crippen LogP contribution < -0.4 is 5.32 Å². The van der Waals surface area contributed by atoms with Gasteiger partial charge in [0.1, 0.15) is 9.84 Å². The van der Waals surface area contributed by atoms with Crippen molar-refractivity contribution in [3.05, 3.63) is 0 Å². The minimum absolute atomic E-state index is 0.164. The van der Waals surface area contributed by atoms with Crippen LogP contribution in [0.1, 0.15) is 26.7 Å². The van der Waals surface area contributed by atoms with Gasteiger partial charge in [0, 0.05) is 18.9 Å². The first-order valence-corrected chi connectivity index (χ1v) is 8.02. The molecule has 5 heteroatoms. The van der Waals surface area contributed by atoms with Crippen molar-refractivity contribution in [1.82, 2.24) is 5.32 Å². The highest BCUT2D eigenvalue weighted by atomic mass is 32.2. The Bertz CT molecular complexity index is 302. The van der Waals surface area contributed by atoms with Crippen LogP contribution in [0.2, 0.25) is 0 Å². The Balaban J connectivity index is 2.53. The molecule has 1 N–H and O–H groups in total. The molecule has 0 radical (unpaired) electrons. The highest BCUT2D eigenvalue weighted by molar-refractivity contribution is 7.90. The number of rotatable bonds is 6. The number of ether oxygens (including phenoxy) is 1. The molecule has 0 bridgehead atoms. The summed E-state index contributed by atoms with van der Waals surface area (Å²) in [5.74, 6) is 0.751. The lowest BCUT2D eigenvalue weighted by molar-refractivity contribution is 0.0605. The van der Waals surface area contributed by atoms with E-state index in [9.17, 15) is 8.42 Å². The monoisotopic (exact) mass is 249 g/mol. The van der Waals surface area contributed by atoms with E-state index in [1.54, 1.807) is 0 Å². The minimum atomic E-state index is -2.88. The van der Waals surface area contributed by atoms with Crippen molar-refractivity contribution in [2.75, 3.05) is 25.2 Å². The van der Waals surface area contributed by atoms with Crippen LogP contribution in [0.3, 0.4) is 0 Å². The smallest absolute Gasteiger partial charge is 0.147 e. The van der Waals surface area contributed by atoms with Crippen molar-refractivity contribution in [2.24, 2.45) is 5.92 Å². The molecule has 1 aliphatic rings. The van der Waals surface area contributed by atoms with Gasteiger partial charge in [0.25, 0.3) is 0 Å². The molecular weight excluding hydrogens is 226 g/mol. The van der Waals surface area contributed by atoms with Crippen LogP contribution >= 0.6 is 0 Å². The summed E-state index contributed by atoms with van der Waals surface area (Å²) in [6.07, 6.45) is 3.17.